The molecule has 1 saturated heterocycles. The Bertz CT molecular complexity index is 753. The maximum absolute atomic E-state index is 12.4. The lowest BCUT2D eigenvalue weighted by Gasteiger charge is -2.34. The summed E-state index contributed by atoms with van der Waals surface area (Å²) in [5.74, 6) is 0.532. The zero-order valence-corrected chi connectivity index (χ0v) is 17.1. The lowest BCUT2D eigenvalue weighted by molar-refractivity contribution is 0.102. The highest BCUT2D eigenvalue weighted by atomic mass is 16.1. The number of hydrogen-bond donors (Lipinski definition) is 1. The molecule has 1 aromatic heterocycles. The van der Waals surface area contributed by atoms with Crippen LogP contribution < -0.4 is 15.1 Å². The van der Waals surface area contributed by atoms with Gasteiger partial charge < -0.3 is 20.0 Å². The molecule has 0 atom stereocenters. The lowest BCUT2D eigenvalue weighted by Crippen LogP contribution is -2.44. The van der Waals surface area contributed by atoms with Gasteiger partial charge in [-0.3, -0.25) is 4.79 Å². The van der Waals surface area contributed by atoms with Gasteiger partial charge in [0.1, 0.15) is 0 Å². The van der Waals surface area contributed by atoms with E-state index in [1.54, 1.807) is 6.07 Å². The van der Waals surface area contributed by atoms with E-state index in [0.717, 1.165) is 57.1 Å². The van der Waals surface area contributed by atoms with Gasteiger partial charge in [0.25, 0.3) is 5.91 Å². The number of carbonyl (C=O) groups excluding carboxylic acids is 1. The summed E-state index contributed by atoms with van der Waals surface area (Å²) in [5, 5.41) is 11.2. The molecule has 1 aromatic carbocycles. The Labute approximate surface area is 167 Å². The van der Waals surface area contributed by atoms with Crippen molar-refractivity contribution < 1.29 is 4.79 Å². The molecule has 0 bridgehead atoms. The zero-order chi connectivity index (χ0) is 19.9. The van der Waals surface area contributed by atoms with Crippen molar-refractivity contribution in [2.45, 2.75) is 19.8 Å². The normalized spacial score (nSPS) is 14.8. The van der Waals surface area contributed by atoms with Crippen LogP contribution in [-0.2, 0) is 0 Å². The van der Waals surface area contributed by atoms with Crippen LogP contribution in [0.2, 0.25) is 0 Å². The van der Waals surface area contributed by atoms with Crippen molar-refractivity contribution in [1.29, 1.82) is 0 Å². The van der Waals surface area contributed by atoms with Gasteiger partial charge in [-0.1, -0.05) is 13.3 Å². The Kier molecular flexibility index (Phi) is 6.81. The molecule has 3 rings (SSSR count). The second kappa shape index (κ2) is 9.50. The minimum absolute atomic E-state index is 0.248. The van der Waals surface area contributed by atoms with Crippen molar-refractivity contribution in [3.8, 4) is 0 Å². The van der Waals surface area contributed by atoms with E-state index in [0.29, 0.717) is 5.69 Å². The average Bonchev–Trinajstić information content (AvgIpc) is 2.73. The Balaban J connectivity index is 1.57. The van der Waals surface area contributed by atoms with E-state index in [-0.39, 0.29) is 5.91 Å². The van der Waals surface area contributed by atoms with Crippen LogP contribution in [-0.4, -0.2) is 67.8 Å². The summed E-state index contributed by atoms with van der Waals surface area (Å²) in [5.41, 5.74) is 2.26. The molecule has 0 saturated carbocycles. The molecule has 0 radical (unpaired) electrons. The molecule has 7 nitrogen and oxygen atoms in total. The first-order valence-electron chi connectivity index (χ1n) is 9.96. The van der Waals surface area contributed by atoms with Gasteiger partial charge in [0.05, 0.1) is 0 Å². The topological polar surface area (TPSA) is 64.6 Å². The average molecular weight is 383 g/mol. The fourth-order valence-electron chi connectivity index (χ4n) is 3.18. The summed E-state index contributed by atoms with van der Waals surface area (Å²) in [4.78, 5) is 19.2. The van der Waals surface area contributed by atoms with Crippen molar-refractivity contribution >= 4 is 23.1 Å². The number of nitrogens with one attached hydrogen (secondary N) is 1. The van der Waals surface area contributed by atoms with E-state index in [9.17, 15) is 4.79 Å². The Hall–Kier alpha value is -2.67. The summed E-state index contributed by atoms with van der Waals surface area (Å²) >= 11 is 0. The van der Waals surface area contributed by atoms with E-state index in [2.05, 4.69) is 56.3 Å². The van der Waals surface area contributed by atoms with Crippen LogP contribution in [0.3, 0.4) is 0 Å². The molecule has 0 aliphatic carbocycles. The fourth-order valence-corrected chi connectivity index (χ4v) is 3.18. The molecule has 1 amide bonds. The van der Waals surface area contributed by atoms with E-state index in [1.165, 1.54) is 5.69 Å². The number of aromatic nitrogens is 2. The Morgan fingerprint density at radius 1 is 1.07 bits per heavy atom. The second-order valence-corrected chi connectivity index (χ2v) is 7.34. The van der Waals surface area contributed by atoms with Crippen LogP contribution in [0.5, 0.6) is 0 Å². The highest BCUT2D eigenvalue weighted by Gasteiger charge is 2.15. The second-order valence-electron chi connectivity index (χ2n) is 7.34. The van der Waals surface area contributed by atoms with Crippen LogP contribution in [0.25, 0.3) is 0 Å². The molecule has 1 aliphatic heterocycles. The number of piperazine rings is 1. The number of benzene rings is 1. The molecule has 7 heteroatoms. The third kappa shape index (κ3) is 5.19. The van der Waals surface area contributed by atoms with E-state index in [1.807, 2.05) is 25.2 Å². The molecule has 28 heavy (non-hydrogen) atoms. The van der Waals surface area contributed by atoms with Gasteiger partial charge in [0, 0.05) is 51.1 Å². The summed E-state index contributed by atoms with van der Waals surface area (Å²) in [7, 11) is 4.13. The monoisotopic (exact) mass is 382 g/mol. The Morgan fingerprint density at radius 2 is 1.79 bits per heavy atom. The van der Waals surface area contributed by atoms with Gasteiger partial charge in [0.2, 0.25) is 0 Å². The van der Waals surface area contributed by atoms with Gasteiger partial charge in [-0.25, -0.2) is 0 Å². The third-order valence-electron chi connectivity index (χ3n) is 5.11. The molecular weight excluding hydrogens is 352 g/mol. The minimum Gasteiger partial charge on any atom is -0.369 e. The first-order valence-corrected chi connectivity index (χ1v) is 9.96. The number of likely N-dealkylation sites (N-methyl/N-ethyl adjacent to an activating group) is 1. The number of rotatable bonds is 7. The predicted molar refractivity (Wildman–Crippen MR) is 114 cm³/mol. The molecule has 1 fully saturated rings. The van der Waals surface area contributed by atoms with Gasteiger partial charge >= 0.3 is 0 Å². The molecule has 0 spiro atoms. The van der Waals surface area contributed by atoms with Gasteiger partial charge in [-0.05, 0) is 49.9 Å². The summed E-state index contributed by atoms with van der Waals surface area (Å²) < 4.78 is 0. The van der Waals surface area contributed by atoms with Crippen molar-refractivity contribution in [3.05, 3.63) is 42.1 Å². The number of carbonyl (C=O) groups is 1. The third-order valence-corrected chi connectivity index (χ3v) is 5.11. The lowest BCUT2D eigenvalue weighted by atomic mass is 10.2. The molecule has 2 aromatic rings. The van der Waals surface area contributed by atoms with E-state index >= 15 is 0 Å². The highest BCUT2D eigenvalue weighted by molar-refractivity contribution is 6.02. The van der Waals surface area contributed by atoms with Crippen molar-refractivity contribution in [3.63, 3.8) is 0 Å². The summed E-state index contributed by atoms with van der Waals surface area (Å²) in [6.07, 6.45) is 2.23. The number of amides is 1. The molecule has 150 valence electrons. The zero-order valence-electron chi connectivity index (χ0n) is 17.1. The summed E-state index contributed by atoms with van der Waals surface area (Å²) in [6.45, 7) is 7.27. The van der Waals surface area contributed by atoms with Crippen LogP contribution in [0.15, 0.2) is 36.4 Å². The predicted octanol–water partition coefficient (Wildman–Crippen LogP) is 2.72. The van der Waals surface area contributed by atoms with Crippen molar-refractivity contribution in [2.75, 3.05) is 61.9 Å². The van der Waals surface area contributed by atoms with Crippen LogP contribution in [0.1, 0.15) is 30.3 Å². The van der Waals surface area contributed by atoms with Gasteiger partial charge in [-0.2, -0.15) is 0 Å². The quantitative estimate of drug-likeness (QED) is 0.794. The molecular formula is C21H30N6O. The van der Waals surface area contributed by atoms with Gasteiger partial charge in [-0.15, -0.1) is 10.2 Å². The standard InChI is InChI=1S/C21H30N6O/c1-4-5-12-26(3)20-11-10-19(23-24-20)21(28)22-17-6-8-18(9-7-17)27-15-13-25(2)14-16-27/h6-11H,4-5,12-16H2,1-3H3,(H,22,28). The molecule has 2 heterocycles. The number of anilines is 3. The Morgan fingerprint density at radius 3 is 2.39 bits per heavy atom. The first-order chi connectivity index (χ1) is 13.6. The van der Waals surface area contributed by atoms with Gasteiger partial charge in [0.15, 0.2) is 11.5 Å². The summed E-state index contributed by atoms with van der Waals surface area (Å²) in [6, 6.07) is 11.5. The van der Waals surface area contributed by atoms with E-state index < -0.39 is 0 Å². The highest BCUT2D eigenvalue weighted by Crippen LogP contribution is 2.20. The van der Waals surface area contributed by atoms with Crippen LogP contribution in [0, 0.1) is 0 Å². The van der Waals surface area contributed by atoms with Crippen molar-refractivity contribution in [2.24, 2.45) is 0 Å². The maximum Gasteiger partial charge on any atom is 0.276 e. The number of nitrogens with zero attached hydrogens (tertiary/aromatic N) is 5. The van der Waals surface area contributed by atoms with Crippen LogP contribution in [0.4, 0.5) is 17.2 Å². The van der Waals surface area contributed by atoms with Crippen molar-refractivity contribution in [1.82, 2.24) is 15.1 Å². The minimum atomic E-state index is -0.248. The SMILES string of the molecule is CCCCN(C)c1ccc(C(=O)Nc2ccc(N3CCN(C)CC3)cc2)nn1. The van der Waals surface area contributed by atoms with E-state index in [4.69, 9.17) is 0 Å². The molecule has 1 N–H and O–H groups in total. The number of unbranched alkanes of at least 4 members (excludes halogenated alkanes) is 1. The number of hydrogen-bond acceptors (Lipinski definition) is 6. The first kappa shape index (κ1) is 20.1. The largest absolute Gasteiger partial charge is 0.369 e. The van der Waals surface area contributed by atoms with Crippen LogP contribution >= 0.6 is 0 Å². The molecule has 0 unspecified atom stereocenters. The maximum atomic E-state index is 12.4. The smallest absolute Gasteiger partial charge is 0.276 e. The fraction of sp³-hybridized carbons (Fsp3) is 0.476. The molecule has 1 aliphatic rings.